The molecule has 298 valence electrons. The van der Waals surface area contributed by atoms with Gasteiger partial charge in [-0.25, -0.2) is 0 Å². The van der Waals surface area contributed by atoms with Gasteiger partial charge in [0.2, 0.25) is 5.91 Å². The molecule has 1 aliphatic rings. The summed E-state index contributed by atoms with van der Waals surface area (Å²) in [5, 5.41) is 64.9. The molecule has 0 bridgehead atoms. The van der Waals surface area contributed by atoms with Crippen LogP contribution in [-0.2, 0) is 14.3 Å². The van der Waals surface area contributed by atoms with E-state index in [4.69, 9.17) is 9.47 Å². The van der Waals surface area contributed by atoms with E-state index in [9.17, 15) is 35.4 Å². The second-order valence-corrected chi connectivity index (χ2v) is 15.2. The lowest BCUT2D eigenvalue weighted by Crippen LogP contribution is -2.60. The molecule has 1 heterocycles. The monoisotopic (exact) mass is 718 g/mol. The quantitative estimate of drug-likeness (QED) is 0.0378. The minimum atomic E-state index is -1.60. The molecule has 0 spiro atoms. The molecule has 9 atom stereocenters. The van der Waals surface area contributed by atoms with Gasteiger partial charge in [0, 0.05) is 6.42 Å². The first-order chi connectivity index (χ1) is 24.2. The number of rotatable bonds is 33. The average Bonchev–Trinajstić information content (AvgIpc) is 3.11. The Bertz CT molecular complexity index is 788. The van der Waals surface area contributed by atoms with Crippen molar-refractivity contribution in [1.29, 1.82) is 0 Å². The standard InChI is InChI=1S/C40H79NO9/c1-4-6-7-8-9-10-11-12-13-14-19-22-25-28-35(44)41-32(30-49-40-39(48)38(47)37(46)34(29-42)50-40)36(45)33(43)27-24-21-18-16-15-17-20-23-26-31(3)5-2/h31-34,36-40,42-43,45-48H,4-30H2,1-3H3,(H,41,44). The summed E-state index contributed by atoms with van der Waals surface area (Å²) < 4.78 is 11.1. The van der Waals surface area contributed by atoms with Gasteiger partial charge < -0.3 is 45.4 Å². The van der Waals surface area contributed by atoms with Gasteiger partial charge in [-0.1, -0.05) is 162 Å². The maximum atomic E-state index is 12.9. The highest BCUT2D eigenvalue weighted by Gasteiger charge is 2.44. The highest BCUT2D eigenvalue weighted by molar-refractivity contribution is 5.76. The SMILES string of the molecule is CCCCCCCCCCCCCCCC(=O)NC(COC1OC(CO)C(O)C(O)C1O)C(O)C(O)CCCCCCCCCCC(C)CC. The number of hydrogen-bond acceptors (Lipinski definition) is 9. The first-order valence-corrected chi connectivity index (χ1v) is 20.7. The number of aliphatic hydroxyl groups excluding tert-OH is 6. The van der Waals surface area contributed by atoms with Gasteiger partial charge in [-0.3, -0.25) is 4.79 Å². The summed E-state index contributed by atoms with van der Waals surface area (Å²) in [6.07, 6.45) is 18.3. The number of unbranched alkanes of at least 4 members (excludes halogenated alkanes) is 19. The van der Waals surface area contributed by atoms with Gasteiger partial charge in [-0.15, -0.1) is 0 Å². The molecule has 0 aliphatic carbocycles. The summed E-state index contributed by atoms with van der Waals surface area (Å²) in [7, 11) is 0. The number of hydrogen-bond donors (Lipinski definition) is 7. The van der Waals surface area contributed by atoms with Crippen molar-refractivity contribution in [2.45, 2.75) is 230 Å². The fourth-order valence-corrected chi connectivity index (χ4v) is 6.76. The molecule has 1 saturated heterocycles. The normalized spacial score (nSPS) is 23.4. The summed E-state index contributed by atoms with van der Waals surface area (Å²) in [6.45, 7) is 5.91. The van der Waals surface area contributed by atoms with Crippen molar-refractivity contribution in [1.82, 2.24) is 5.32 Å². The lowest BCUT2D eigenvalue weighted by Gasteiger charge is -2.40. The molecule has 50 heavy (non-hydrogen) atoms. The Labute approximate surface area is 305 Å². The van der Waals surface area contributed by atoms with Crippen LogP contribution < -0.4 is 5.32 Å². The highest BCUT2D eigenvalue weighted by Crippen LogP contribution is 2.23. The van der Waals surface area contributed by atoms with Crippen molar-refractivity contribution >= 4 is 5.91 Å². The van der Waals surface area contributed by atoms with Crippen molar-refractivity contribution in [2.75, 3.05) is 13.2 Å². The predicted molar refractivity (Wildman–Crippen MR) is 200 cm³/mol. The van der Waals surface area contributed by atoms with E-state index >= 15 is 0 Å². The van der Waals surface area contributed by atoms with E-state index in [1.54, 1.807) is 0 Å². The van der Waals surface area contributed by atoms with Crippen molar-refractivity contribution in [2.24, 2.45) is 5.92 Å². The molecule has 10 heteroatoms. The molecule has 0 saturated carbocycles. The fraction of sp³-hybridized carbons (Fsp3) is 0.975. The third-order valence-electron chi connectivity index (χ3n) is 10.6. The summed E-state index contributed by atoms with van der Waals surface area (Å²) >= 11 is 0. The largest absolute Gasteiger partial charge is 0.394 e. The Balaban J connectivity index is 2.47. The number of amides is 1. The molecular weight excluding hydrogens is 638 g/mol. The second kappa shape index (κ2) is 30.6. The van der Waals surface area contributed by atoms with Crippen molar-refractivity contribution in [3.8, 4) is 0 Å². The van der Waals surface area contributed by atoms with E-state index in [0.29, 0.717) is 6.42 Å². The van der Waals surface area contributed by atoms with E-state index in [0.717, 1.165) is 57.3 Å². The molecule has 0 aromatic rings. The Morgan fingerprint density at radius 3 is 1.66 bits per heavy atom. The first kappa shape index (κ1) is 47.2. The van der Waals surface area contributed by atoms with Gasteiger partial charge in [0.25, 0.3) is 0 Å². The minimum absolute atomic E-state index is 0.258. The molecule has 0 aromatic carbocycles. The van der Waals surface area contributed by atoms with Crippen LogP contribution in [0.15, 0.2) is 0 Å². The van der Waals surface area contributed by atoms with Crippen molar-refractivity contribution in [3.63, 3.8) is 0 Å². The topological polar surface area (TPSA) is 169 Å². The van der Waals surface area contributed by atoms with Crippen LogP contribution in [0.3, 0.4) is 0 Å². The summed E-state index contributed by atoms with van der Waals surface area (Å²) in [5.74, 6) is 0.555. The van der Waals surface area contributed by atoms with Crippen molar-refractivity contribution < 1.29 is 44.9 Å². The van der Waals surface area contributed by atoms with Gasteiger partial charge in [0.1, 0.15) is 30.5 Å². The Hall–Kier alpha value is -0.850. The predicted octanol–water partition coefficient (Wildman–Crippen LogP) is 6.44. The van der Waals surface area contributed by atoms with Crippen LogP contribution >= 0.6 is 0 Å². The maximum absolute atomic E-state index is 12.9. The molecule has 0 radical (unpaired) electrons. The lowest BCUT2D eigenvalue weighted by atomic mass is 9.98. The number of carbonyl (C=O) groups is 1. The number of nitrogens with one attached hydrogen (secondary N) is 1. The Kier molecular flexibility index (Phi) is 28.9. The fourth-order valence-electron chi connectivity index (χ4n) is 6.76. The third-order valence-corrected chi connectivity index (χ3v) is 10.6. The molecule has 7 N–H and O–H groups in total. The van der Waals surface area contributed by atoms with E-state index in [1.807, 2.05) is 0 Å². The van der Waals surface area contributed by atoms with E-state index in [2.05, 4.69) is 26.1 Å². The van der Waals surface area contributed by atoms with Crippen LogP contribution in [-0.4, -0.2) is 98.7 Å². The van der Waals surface area contributed by atoms with Crippen LogP contribution in [0.5, 0.6) is 0 Å². The molecular formula is C40H79NO9. The summed E-state index contributed by atoms with van der Waals surface area (Å²) in [4.78, 5) is 12.9. The van der Waals surface area contributed by atoms with E-state index in [-0.39, 0.29) is 18.9 Å². The highest BCUT2D eigenvalue weighted by atomic mass is 16.7. The van der Waals surface area contributed by atoms with Gasteiger partial charge in [-0.2, -0.15) is 0 Å². The van der Waals surface area contributed by atoms with Crippen molar-refractivity contribution in [3.05, 3.63) is 0 Å². The van der Waals surface area contributed by atoms with Gasteiger partial charge in [0.05, 0.1) is 25.4 Å². The zero-order valence-corrected chi connectivity index (χ0v) is 32.2. The molecule has 1 aliphatic heterocycles. The van der Waals surface area contributed by atoms with Gasteiger partial charge in [-0.05, 0) is 18.8 Å². The Morgan fingerprint density at radius 1 is 0.680 bits per heavy atom. The lowest BCUT2D eigenvalue weighted by molar-refractivity contribution is -0.303. The van der Waals surface area contributed by atoms with Crippen LogP contribution in [0.25, 0.3) is 0 Å². The maximum Gasteiger partial charge on any atom is 0.220 e. The summed E-state index contributed by atoms with van der Waals surface area (Å²) in [5.41, 5.74) is 0. The Morgan fingerprint density at radius 2 is 1.16 bits per heavy atom. The first-order valence-electron chi connectivity index (χ1n) is 20.7. The van der Waals surface area contributed by atoms with Gasteiger partial charge in [0.15, 0.2) is 6.29 Å². The number of carbonyl (C=O) groups excluding carboxylic acids is 1. The third kappa shape index (κ3) is 21.6. The van der Waals surface area contributed by atoms with Crippen LogP contribution in [0.1, 0.15) is 181 Å². The molecule has 10 nitrogen and oxygen atoms in total. The minimum Gasteiger partial charge on any atom is -0.394 e. The number of aliphatic hydroxyl groups is 6. The van der Waals surface area contributed by atoms with Crippen LogP contribution in [0.4, 0.5) is 0 Å². The molecule has 9 unspecified atom stereocenters. The molecule has 1 rings (SSSR count). The second-order valence-electron chi connectivity index (χ2n) is 15.2. The molecule has 1 amide bonds. The van der Waals surface area contributed by atoms with Crippen LogP contribution in [0, 0.1) is 5.92 Å². The van der Waals surface area contributed by atoms with Crippen LogP contribution in [0.2, 0.25) is 0 Å². The average molecular weight is 718 g/mol. The van der Waals surface area contributed by atoms with E-state index < -0.39 is 55.6 Å². The zero-order chi connectivity index (χ0) is 37.0. The zero-order valence-electron chi connectivity index (χ0n) is 32.2. The smallest absolute Gasteiger partial charge is 0.220 e. The molecule has 1 fully saturated rings. The van der Waals surface area contributed by atoms with E-state index in [1.165, 1.54) is 96.3 Å². The molecule has 0 aromatic heterocycles. The number of ether oxygens (including phenoxy) is 2. The summed E-state index contributed by atoms with van der Waals surface area (Å²) in [6, 6.07) is -0.984. The van der Waals surface area contributed by atoms with Gasteiger partial charge >= 0.3 is 0 Å².